The van der Waals surface area contributed by atoms with Crippen LogP contribution in [0, 0.1) is 11.0 Å². The van der Waals surface area contributed by atoms with E-state index in [0.29, 0.717) is 6.54 Å². The van der Waals surface area contributed by atoms with Gasteiger partial charge in [0.1, 0.15) is 5.75 Å². The van der Waals surface area contributed by atoms with E-state index in [1.165, 1.54) is 19.2 Å². The molecule has 214 valence electrons. The molecule has 0 spiro atoms. The number of benzene rings is 1. The van der Waals surface area contributed by atoms with Crippen molar-refractivity contribution >= 4 is 27.3 Å². The fourth-order valence-electron chi connectivity index (χ4n) is 3.88. The zero-order chi connectivity index (χ0) is 28.7. The van der Waals surface area contributed by atoms with Gasteiger partial charge >= 0.3 is 12.3 Å². The first kappa shape index (κ1) is 32.0. The van der Waals surface area contributed by atoms with E-state index in [0.717, 1.165) is 51.9 Å². The molecule has 2 N–H and O–H groups in total. The van der Waals surface area contributed by atoms with Crippen LogP contribution in [0.3, 0.4) is 0 Å². The van der Waals surface area contributed by atoms with Gasteiger partial charge in [-0.25, -0.2) is 12.7 Å². The first-order valence-electron chi connectivity index (χ1n) is 12.0. The van der Waals surface area contributed by atoms with Crippen LogP contribution in [-0.4, -0.2) is 55.8 Å². The maximum Gasteiger partial charge on any atom is 0.573 e. The Labute approximate surface area is 224 Å². The van der Waals surface area contributed by atoms with Crippen molar-refractivity contribution in [3.05, 3.63) is 45.9 Å². The molecule has 0 amide bonds. The summed E-state index contributed by atoms with van der Waals surface area (Å²) in [5.41, 5.74) is -0.146. The summed E-state index contributed by atoms with van der Waals surface area (Å²) in [6.45, 7) is 6.49. The molecule has 0 fully saturated rings. The number of thiophene rings is 1. The van der Waals surface area contributed by atoms with Gasteiger partial charge in [-0.05, 0) is 81.8 Å². The summed E-state index contributed by atoms with van der Waals surface area (Å²) in [5.74, 6) is -2.03. The summed E-state index contributed by atoms with van der Waals surface area (Å²) in [6.07, 6.45) is -3.14. The standard InChI is InChI=1S/C25H34F4N2O5S2/c1-17(15-30-24(2,3)11-5-6-20-8-9-22(26)37-20)16-31(4)38(34,35)21-13-18(7-10-23(32)33)12-19(14-21)36-25(27,28)29/h8-9,12-14,17,30H,5-7,10-11,15-16H2,1-4H3,(H,32,33)/t17-/m0/s1. The number of nitrogens with one attached hydrogen (secondary N) is 1. The quantitative estimate of drug-likeness (QED) is 0.271. The number of nitrogens with zero attached hydrogens (tertiary/aromatic N) is 1. The summed E-state index contributed by atoms with van der Waals surface area (Å²) < 4.78 is 82.9. The number of halogens is 4. The van der Waals surface area contributed by atoms with Crippen molar-refractivity contribution < 1.29 is 40.6 Å². The molecule has 1 atom stereocenters. The molecule has 0 aliphatic carbocycles. The highest BCUT2D eigenvalue weighted by Gasteiger charge is 2.32. The molecule has 0 aliphatic heterocycles. The largest absolute Gasteiger partial charge is 0.573 e. The Bertz CT molecular complexity index is 1180. The number of carbonyl (C=O) groups is 1. The van der Waals surface area contributed by atoms with Crippen molar-refractivity contribution in [3.8, 4) is 5.75 Å². The zero-order valence-corrected chi connectivity index (χ0v) is 23.4. The van der Waals surface area contributed by atoms with Gasteiger partial charge in [-0.15, -0.1) is 24.5 Å². The topological polar surface area (TPSA) is 95.9 Å². The van der Waals surface area contributed by atoms with Crippen molar-refractivity contribution in [2.45, 2.75) is 69.7 Å². The van der Waals surface area contributed by atoms with E-state index in [4.69, 9.17) is 5.11 Å². The second kappa shape index (κ2) is 13.2. The van der Waals surface area contributed by atoms with Crippen LogP contribution in [0.1, 0.15) is 50.5 Å². The van der Waals surface area contributed by atoms with E-state index in [2.05, 4.69) is 10.1 Å². The van der Waals surface area contributed by atoms with Crippen molar-refractivity contribution in [1.29, 1.82) is 0 Å². The average Bonchev–Trinajstić information content (AvgIpc) is 3.19. The van der Waals surface area contributed by atoms with Crippen LogP contribution in [0.15, 0.2) is 35.2 Å². The maximum atomic E-state index is 13.2. The van der Waals surface area contributed by atoms with Gasteiger partial charge in [0.05, 0.1) is 4.90 Å². The van der Waals surface area contributed by atoms with E-state index >= 15 is 0 Å². The third kappa shape index (κ3) is 10.9. The molecule has 0 bridgehead atoms. The van der Waals surface area contributed by atoms with Gasteiger partial charge in [0.25, 0.3) is 0 Å². The van der Waals surface area contributed by atoms with E-state index < -0.39 is 33.0 Å². The number of alkyl halides is 3. The third-order valence-corrected chi connectivity index (χ3v) is 8.60. The molecule has 2 aromatic rings. The van der Waals surface area contributed by atoms with Crippen molar-refractivity contribution in [2.75, 3.05) is 20.1 Å². The molecule has 1 heterocycles. The normalized spacial score (nSPS) is 13.6. The van der Waals surface area contributed by atoms with E-state index in [1.807, 2.05) is 20.8 Å². The van der Waals surface area contributed by atoms with Crippen LogP contribution in [-0.2, 0) is 27.7 Å². The van der Waals surface area contributed by atoms with Crippen LogP contribution < -0.4 is 10.1 Å². The summed E-state index contributed by atoms with van der Waals surface area (Å²) >= 11 is 1.13. The lowest BCUT2D eigenvalue weighted by Gasteiger charge is -2.29. The van der Waals surface area contributed by atoms with Crippen molar-refractivity contribution in [1.82, 2.24) is 9.62 Å². The molecule has 0 radical (unpaired) electrons. The van der Waals surface area contributed by atoms with Crippen LogP contribution in [0.25, 0.3) is 0 Å². The van der Waals surface area contributed by atoms with Gasteiger partial charge in [-0.1, -0.05) is 6.92 Å². The minimum absolute atomic E-state index is 0.0920. The summed E-state index contributed by atoms with van der Waals surface area (Å²) in [7, 11) is -2.85. The monoisotopic (exact) mass is 582 g/mol. The SMILES string of the molecule is C[C@@H](CNC(C)(C)CCCc1ccc(F)s1)CN(C)S(=O)(=O)c1cc(CCC(=O)O)cc(OC(F)(F)F)c1. The second-order valence-corrected chi connectivity index (χ2v) is 13.1. The molecule has 13 heteroatoms. The van der Waals surface area contributed by atoms with Gasteiger partial charge < -0.3 is 15.2 Å². The first-order valence-corrected chi connectivity index (χ1v) is 14.3. The summed E-state index contributed by atoms with van der Waals surface area (Å²) in [4.78, 5) is 11.5. The summed E-state index contributed by atoms with van der Waals surface area (Å²) in [6, 6.07) is 6.17. The average molecular weight is 583 g/mol. The number of hydrogen-bond acceptors (Lipinski definition) is 6. The third-order valence-electron chi connectivity index (χ3n) is 5.86. The highest BCUT2D eigenvalue weighted by Crippen LogP contribution is 2.29. The molecular formula is C25H34F4N2O5S2. The highest BCUT2D eigenvalue weighted by atomic mass is 32.2. The van der Waals surface area contributed by atoms with Crippen LogP contribution >= 0.6 is 11.3 Å². The van der Waals surface area contributed by atoms with E-state index in [1.54, 1.807) is 6.07 Å². The number of carboxylic acid groups (broad SMARTS) is 1. The second-order valence-electron chi connectivity index (χ2n) is 9.97. The van der Waals surface area contributed by atoms with Gasteiger partial charge in [0, 0.05) is 36.5 Å². The van der Waals surface area contributed by atoms with Crippen LogP contribution in [0.5, 0.6) is 5.75 Å². The lowest BCUT2D eigenvalue weighted by Crippen LogP contribution is -2.44. The fourth-order valence-corrected chi connectivity index (χ4v) is 6.02. The number of sulfonamides is 1. The van der Waals surface area contributed by atoms with Crippen molar-refractivity contribution in [2.24, 2.45) is 5.92 Å². The predicted molar refractivity (Wildman–Crippen MR) is 137 cm³/mol. The first-order chi connectivity index (χ1) is 17.5. The molecule has 38 heavy (non-hydrogen) atoms. The number of aryl methyl sites for hydroxylation is 2. The lowest BCUT2D eigenvalue weighted by molar-refractivity contribution is -0.274. The predicted octanol–water partition coefficient (Wildman–Crippen LogP) is 5.45. The number of aliphatic carboxylic acids is 1. The molecule has 7 nitrogen and oxygen atoms in total. The number of ether oxygens (including phenoxy) is 1. The Kier molecular flexibility index (Phi) is 11.1. The Hall–Kier alpha value is -2.22. The number of rotatable bonds is 15. The maximum absolute atomic E-state index is 13.2. The van der Waals surface area contributed by atoms with Gasteiger partial charge in [0.15, 0.2) is 5.13 Å². The minimum atomic E-state index is -5.04. The number of hydrogen-bond donors (Lipinski definition) is 2. The fraction of sp³-hybridized carbons (Fsp3) is 0.560. The van der Waals surface area contributed by atoms with Crippen LogP contribution in [0.4, 0.5) is 17.6 Å². The Morgan fingerprint density at radius 3 is 2.45 bits per heavy atom. The van der Waals surface area contributed by atoms with Gasteiger partial charge in [0.2, 0.25) is 10.0 Å². The molecule has 2 rings (SSSR count). The molecule has 0 saturated heterocycles. The molecule has 1 aromatic carbocycles. The Morgan fingerprint density at radius 2 is 1.87 bits per heavy atom. The van der Waals surface area contributed by atoms with Gasteiger partial charge in [-0.2, -0.15) is 4.39 Å². The molecular weight excluding hydrogens is 548 g/mol. The smallest absolute Gasteiger partial charge is 0.481 e. The Balaban J connectivity index is 2.02. The van der Waals surface area contributed by atoms with E-state index in [9.17, 15) is 30.8 Å². The minimum Gasteiger partial charge on any atom is -0.481 e. The molecule has 1 aromatic heterocycles. The molecule has 0 unspecified atom stereocenters. The van der Waals surface area contributed by atoms with Crippen LogP contribution in [0.2, 0.25) is 0 Å². The van der Waals surface area contributed by atoms with Gasteiger partial charge in [-0.3, -0.25) is 4.79 Å². The number of carboxylic acids is 1. The highest BCUT2D eigenvalue weighted by molar-refractivity contribution is 7.89. The lowest BCUT2D eigenvalue weighted by atomic mass is 9.96. The molecule has 0 saturated carbocycles. The Morgan fingerprint density at radius 1 is 1.18 bits per heavy atom. The summed E-state index contributed by atoms with van der Waals surface area (Å²) in [5, 5.41) is 12.1. The van der Waals surface area contributed by atoms with E-state index in [-0.39, 0.29) is 41.5 Å². The molecule has 0 aliphatic rings. The van der Waals surface area contributed by atoms with Crippen molar-refractivity contribution in [3.63, 3.8) is 0 Å². The zero-order valence-electron chi connectivity index (χ0n) is 21.8.